The van der Waals surface area contributed by atoms with Gasteiger partial charge >= 0.3 is 0 Å². The minimum atomic E-state index is 0.603. The number of hydrogen-bond acceptors (Lipinski definition) is 4. The summed E-state index contributed by atoms with van der Waals surface area (Å²) in [5, 5.41) is 3.50. The van der Waals surface area contributed by atoms with E-state index in [4.69, 9.17) is 9.97 Å². The van der Waals surface area contributed by atoms with Crippen molar-refractivity contribution in [2.45, 2.75) is 58.8 Å². The van der Waals surface area contributed by atoms with Crippen LogP contribution in [0.15, 0.2) is 0 Å². The first-order valence-electron chi connectivity index (χ1n) is 8.60. The van der Waals surface area contributed by atoms with Gasteiger partial charge in [-0.25, -0.2) is 9.97 Å². The molecule has 2 aliphatic rings. The first kappa shape index (κ1) is 14.6. The van der Waals surface area contributed by atoms with Gasteiger partial charge in [0.15, 0.2) is 0 Å². The lowest BCUT2D eigenvalue weighted by Crippen LogP contribution is -2.28. The molecular weight excluding hydrogens is 260 g/mol. The van der Waals surface area contributed by atoms with Gasteiger partial charge in [-0.1, -0.05) is 6.92 Å². The summed E-state index contributed by atoms with van der Waals surface area (Å²) in [6, 6.07) is 0. The van der Waals surface area contributed by atoms with E-state index in [-0.39, 0.29) is 0 Å². The summed E-state index contributed by atoms with van der Waals surface area (Å²) in [6.07, 6.45) is 6.40. The lowest BCUT2D eigenvalue weighted by atomic mass is 10.2. The first-order valence-corrected chi connectivity index (χ1v) is 8.60. The van der Waals surface area contributed by atoms with Gasteiger partial charge in [-0.05, 0) is 51.9 Å². The molecule has 0 aliphatic heterocycles. The second kappa shape index (κ2) is 6.20. The molecule has 1 heterocycles. The van der Waals surface area contributed by atoms with Crippen LogP contribution in [0.4, 0.5) is 11.6 Å². The average molecular weight is 288 g/mol. The van der Waals surface area contributed by atoms with Crippen molar-refractivity contribution in [2.24, 2.45) is 5.92 Å². The molecule has 0 radical (unpaired) electrons. The molecule has 1 aromatic heterocycles. The molecule has 0 bridgehead atoms. The van der Waals surface area contributed by atoms with Crippen molar-refractivity contribution in [1.82, 2.24) is 9.97 Å². The summed E-state index contributed by atoms with van der Waals surface area (Å²) in [7, 11) is 0. The predicted molar refractivity (Wildman–Crippen MR) is 88.1 cm³/mol. The molecule has 116 valence electrons. The molecular formula is C17H28N4. The van der Waals surface area contributed by atoms with Gasteiger partial charge in [-0.2, -0.15) is 0 Å². The van der Waals surface area contributed by atoms with Crippen molar-refractivity contribution >= 4 is 11.6 Å². The molecule has 0 atom stereocenters. The van der Waals surface area contributed by atoms with E-state index in [1.165, 1.54) is 37.1 Å². The minimum absolute atomic E-state index is 0.603. The molecule has 1 N–H and O–H groups in total. The Morgan fingerprint density at radius 3 is 2.48 bits per heavy atom. The topological polar surface area (TPSA) is 41.1 Å². The Kier molecular flexibility index (Phi) is 4.32. The van der Waals surface area contributed by atoms with Crippen LogP contribution in [0.1, 0.15) is 63.3 Å². The molecule has 21 heavy (non-hydrogen) atoms. The van der Waals surface area contributed by atoms with E-state index in [2.05, 4.69) is 31.0 Å². The fraction of sp³-hybridized carbons (Fsp3) is 0.765. The highest BCUT2D eigenvalue weighted by Crippen LogP contribution is 2.40. The molecule has 4 nitrogen and oxygen atoms in total. The quantitative estimate of drug-likeness (QED) is 0.791. The van der Waals surface area contributed by atoms with Gasteiger partial charge in [0.05, 0.1) is 0 Å². The van der Waals surface area contributed by atoms with Gasteiger partial charge in [0, 0.05) is 31.1 Å². The van der Waals surface area contributed by atoms with E-state index in [0.717, 1.165) is 43.6 Å². The van der Waals surface area contributed by atoms with Crippen LogP contribution in [0.5, 0.6) is 0 Å². The van der Waals surface area contributed by atoms with Crippen molar-refractivity contribution in [3.63, 3.8) is 0 Å². The number of rotatable bonds is 8. The number of aromatic nitrogens is 2. The average Bonchev–Trinajstić information content (AvgIpc) is 3.37. The molecule has 2 saturated carbocycles. The van der Waals surface area contributed by atoms with Crippen molar-refractivity contribution < 1.29 is 0 Å². The molecule has 2 fully saturated rings. The fourth-order valence-corrected chi connectivity index (χ4v) is 2.75. The maximum Gasteiger partial charge on any atom is 0.137 e. The monoisotopic (exact) mass is 288 g/mol. The Hall–Kier alpha value is -1.32. The fourth-order valence-electron chi connectivity index (χ4n) is 2.75. The Labute approximate surface area is 128 Å². The number of nitrogens with one attached hydrogen (secondary N) is 1. The van der Waals surface area contributed by atoms with Crippen molar-refractivity contribution in [3.8, 4) is 0 Å². The number of hydrogen-bond donors (Lipinski definition) is 1. The zero-order chi connectivity index (χ0) is 14.8. The summed E-state index contributed by atoms with van der Waals surface area (Å²) in [6.45, 7) is 9.77. The second-order valence-electron chi connectivity index (χ2n) is 6.56. The van der Waals surface area contributed by atoms with Crippen LogP contribution in [0.2, 0.25) is 0 Å². The summed E-state index contributed by atoms with van der Waals surface area (Å²) in [5.74, 6) is 4.77. The maximum absolute atomic E-state index is 4.93. The van der Waals surface area contributed by atoms with Crippen LogP contribution in [-0.4, -0.2) is 29.6 Å². The molecule has 0 spiro atoms. The van der Waals surface area contributed by atoms with Gasteiger partial charge in [-0.3, -0.25) is 0 Å². The summed E-state index contributed by atoms with van der Waals surface area (Å²) in [5.41, 5.74) is 1.22. The van der Waals surface area contributed by atoms with Gasteiger partial charge in [-0.15, -0.1) is 0 Å². The molecule has 2 aliphatic carbocycles. The number of nitrogens with zero attached hydrogens (tertiary/aromatic N) is 3. The Balaban J connectivity index is 1.89. The van der Waals surface area contributed by atoms with Crippen LogP contribution >= 0.6 is 0 Å². The third-order valence-electron chi connectivity index (χ3n) is 4.48. The Morgan fingerprint density at radius 1 is 1.14 bits per heavy atom. The lowest BCUT2D eigenvalue weighted by Gasteiger charge is -2.25. The van der Waals surface area contributed by atoms with E-state index in [1.807, 2.05) is 0 Å². The minimum Gasteiger partial charge on any atom is -0.370 e. The molecule has 0 unspecified atom stereocenters. The molecule has 3 rings (SSSR count). The van der Waals surface area contributed by atoms with Crippen LogP contribution in [0.25, 0.3) is 0 Å². The molecule has 4 heteroatoms. The summed E-state index contributed by atoms with van der Waals surface area (Å²) < 4.78 is 0. The number of anilines is 2. The van der Waals surface area contributed by atoms with Crippen LogP contribution in [0, 0.1) is 12.8 Å². The van der Waals surface area contributed by atoms with Gasteiger partial charge < -0.3 is 10.2 Å². The van der Waals surface area contributed by atoms with E-state index in [9.17, 15) is 0 Å². The smallest absolute Gasteiger partial charge is 0.137 e. The molecule has 0 aromatic carbocycles. The molecule has 0 saturated heterocycles. The van der Waals surface area contributed by atoms with Crippen molar-refractivity contribution in [1.29, 1.82) is 0 Å². The highest BCUT2D eigenvalue weighted by atomic mass is 15.2. The zero-order valence-corrected chi connectivity index (χ0v) is 13.7. The van der Waals surface area contributed by atoms with Crippen molar-refractivity contribution in [2.75, 3.05) is 29.9 Å². The SMILES string of the molecule is CCCNc1nc(C2CC2)nc(N(CC)CC2CC2)c1C. The Morgan fingerprint density at radius 2 is 1.90 bits per heavy atom. The van der Waals surface area contributed by atoms with Gasteiger partial charge in [0.1, 0.15) is 17.5 Å². The maximum atomic E-state index is 4.93. The third kappa shape index (κ3) is 3.47. The first-order chi connectivity index (χ1) is 10.2. The van der Waals surface area contributed by atoms with E-state index in [0.29, 0.717) is 5.92 Å². The Bertz CT molecular complexity index is 492. The normalized spacial score (nSPS) is 17.9. The van der Waals surface area contributed by atoms with E-state index >= 15 is 0 Å². The van der Waals surface area contributed by atoms with Crippen LogP contribution in [-0.2, 0) is 0 Å². The molecule has 1 aromatic rings. The lowest BCUT2D eigenvalue weighted by molar-refractivity contribution is 0.721. The largest absolute Gasteiger partial charge is 0.370 e. The van der Waals surface area contributed by atoms with Gasteiger partial charge in [0.2, 0.25) is 0 Å². The second-order valence-corrected chi connectivity index (χ2v) is 6.56. The molecule has 0 amide bonds. The predicted octanol–water partition coefficient (Wildman–Crippen LogP) is 3.72. The van der Waals surface area contributed by atoms with E-state index in [1.54, 1.807) is 0 Å². The standard InChI is InChI=1S/C17H28N4/c1-4-10-18-15-12(3)17(20-16(19-15)14-8-9-14)21(5-2)11-13-6-7-13/h13-14H,4-11H2,1-3H3,(H,18,19,20). The zero-order valence-electron chi connectivity index (χ0n) is 13.7. The summed E-state index contributed by atoms with van der Waals surface area (Å²) in [4.78, 5) is 12.2. The van der Waals surface area contributed by atoms with Crippen LogP contribution in [0.3, 0.4) is 0 Å². The summed E-state index contributed by atoms with van der Waals surface area (Å²) >= 11 is 0. The highest BCUT2D eigenvalue weighted by molar-refractivity contribution is 5.59. The van der Waals surface area contributed by atoms with E-state index < -0.39 is 0 Å². The van der Waals surface area contributed by atoms with Crippen molar-refractivity contribution in [3.05, 3.63) is 11.4 Å². The van der Waals surface area contributed by atoms with Crippen LogP contribution < -0.4 is 10.2 Å². The van der Waals surface area contributed by atoms with Gasteiger partial charge in [0.25, 0.3) is 0 Å². The highest BCUT2D eigenvalue weighted by Gasteiger charge is 2.30. The third-order valence-corrected chi connectivity index (χ3v) is 4.48.